The largest absolute Gasteiger partial charge is 0.278 e. The summed E-state index contributed by atoms with van der Waals surface area (Å²) in [6.07, 6.45) is 0.207. The van der Waals surface area contributed by atoms with Gasteiger partial charge in [0.05, 0.1) is 4.90 Å². The average molecular weight is 307 g/mol. The molecule has 0 aliphatic rings. The third-order valence-electron chi connectivity index (χ3n) is 1.77. The molecule has 1 aromatic rings. The number of sulfonamides is 1. The Morgan fingerprint density at radius 3 is 2.56 bits per heavy atom. The fourth-order valence-corrected chi connectivity index (χ4v) is 2.79. The van der Waals surface area contributed by atoms with E-state index < -0.39 is 15.9 Å². The van der Waals surface area contributed by atoms with Crippen LogP contribution in [0.4, 0.5) is 0 Å². The highest BCUT2D eigenvalue weighted by Gasteiger charge is 2.17. The van der Waals surface area contributed by atoms with Gasteiger partial charge in [0.2, 0.25) is 5.91 Å². The first kappa shape index (κ1) is 13.1. The lowest BCUT2D eigenvalue weighted by Gasteiger charge is -2.08. The molecule has 0 spiro atoms. The van der Waals surface area contributed by atoms with Gasteiger partial charge in [0.1, 0.15) is 0 Å². The molecule has 0 saturated carbocycles. The van der Waals surface area contributed by atoms with E-state index >= 15 is 0 Å². The first-order valence-corrected chi connectivity index (χ1v) is 6.80. The number of hydrazine groups is 1. The molecule has 1 aromatic carbocycles. The highest BCUT2D eigenvalue weighted by atomic mass is 79.9. The van der Waals surface area contributed by atoms with Gasteiger partial charge in [-0.05, 0) is 28.1 Å². The second kappa shape index (κ2) is 5.42. The number of carbonyl (C=O) groups is 1. The molecular weight excluding hydrogens is 296 g/mol. The number of benzene rings is 1. The van der Waals surface area contributed by atoms with E-state index in [-0.39, 0.29) is 11.3 Å². The van der Waals surface area contributed by atoms with Crippen molar-refractivity contribution in [3.63, 3.8) is 0 Å². The van der Waals surface area contributed by atoms with E-state index in [4.69, 9.17) is 0 Å². The fraction of sp³-hybridized carbons (Fsp3) is 0.222. The summed E-state index contributed by atoms with van der Waals surface area (Å²) in [7, 11) is -3.72. The summed E-state index contributed by atoms with van der Waals surface area (Å²) in [6.45, 7) is 1.63. The number of hydrogen-bond donors (Lipinski definition) is 2. The van der Waals surface area contributed by atoms with Crippen molar-refractivity contribution in [1.29, 1.82) is 0 Å². The molecule has 0 aromatic heterocycles. The zero-order valence-corrected chi connectivity index (χ0v) is 10.9. The van der Waals surface area contributed by atoms with Crippen LogP contribution in [0.15, 0.2) is 33.6 Å². The van der Waals surface area contributed by atoms with E-state index in [1.165, 1.54) is 6.07 Å². The lowest BCUT2D eigenvalue weighted by molar-refractivity contribution is -0.121. The molecule has 0 heterocycles. The second-order valence-corrected chi connectivity index (χ2v) is 5.44. The summed E-state index contributed by atoms with van der Waals surface area (Å²) >= 11 is 3.12. The maximum absolute atomic E-state index is 11.7. The molecule has 5 nitrogen and oxygen atoms in total. The zero-order valence-electron chi connectivity index (χ0n) is 8.53. The van der Waals surface area contributed by atoms with Crippen LogP contribution in [0.1, 0.15) is 13.3 Å². The van der Waals surface area contributed by atoms with Crippen molar-refractivity contribution in [3.8, 4) is 0 Å². The number of nitrogens with one attached hydrogen (secondary N) is 2. The van der Waals surface area contributed by atoms with Crippen LogP contribution in [-0.2, 0) is 14.8 Å². The third kappa shape index (κ3) is 3.29. The van der Waals surface area contributed by atoms with Crippen molar-refractivity contribution in [2.24, 2.45) is 0 Å². The van der Waals surface area contributed by atoms with Gasteiger partial charge in [-0.2, -0.15) is 0 Å². The molecule has 16 heavy (non-hydrogen) atoms. The Morgan fingerprint density at radius 2 is 2.00 bits per heavy atom. The van der Waals surface area contributed by atoms with Crippen LogP contribution in [0, 0.1) is 0 Å². The number of halogens is 1. The van der Waals surface area contributed by atoms with Crippen molar-refractivity contribution in [2.45, 2.75) is 18.2 Å². The summed E-state index contributed by atoms with van der Waals surface area (Å²) in [6, 6.07) is 6.34. The van der Waals surface area contributed by atoms with Crippen molar-refractivity contribution in [1.82, 2.24) is 10.3 Å². The molecular formula is C9H11BrN2O3S. The van der Waals surface area contributed by atoms with Crippen LogP contribution in [0.2, 0.25) is 0 Å². The van der Waals surface area contributed by atoms with Crippen molar-refractivity contribution >= 4 is 31.9 Å². The highest BCUT2D eigenvalue weighted by molar-refractivity contribution is 9.10. The average Bonchev–Trinajstić information content (AvgIpc) is 2.26. The van der Waals surface area contributed by atoms with E-state index in [1.54, 1.807) is 25.1 Å². The summed E-state index contributed by atoms with van der Waals surface area (Å²) in [5, 5.41) is 0. The minimum absolute atomic E-state index is 0.0754. The molecule has 1 amide bonds. The number of carbonyl (C=O) groups excluding carboxylic acids is 1. The lowest BCUT2D eigenvalue weighted by atomic mass is 10.4. The Labute approximate surface area is 102 Å². The van der Waals surface area contributed by atoms with Gasteiger partial charge in [0, 0.05) is 10.9 Å². The zero-order chi connectivity index (χ0) is 12.2. The van der Waals surface area contributed by atoms with E-state index in [1.807, 2.05) is 4.83 Å². The molecule has 0 fully saturated rings. The maximum Gasteiger partial charge on any atom is 0.258 e. The van der Waals surface area contributed by atoms with Gasteiger partial charge in [0.15, 0.2) is 0 Å². The lowest BCUT2D eigenvalue weighted by Crippen LogP contribution is -2.41. The summed E-state index contributed by atoms with van der Waals surface area (Å²) in [4.78, 5) is 13.0. The van der Waals surface area contributed by atoms with Gasteiger partial charge in [-0.1, -0.05) is 19.1 Å². The van der Waals surface area contributed by atoms with Gasteiger partial charge in [-0.3, -0.25) is 10.2 Å². The molecule has 0 atom stereocenters. The third-order valence-corrected chi connectivity index (χ3v) is 4.03. The van der Waals surface area contributed by atoms with E-state index in [9.17, 15) is 13.2 Å². The SMILES string of the molecule is CCC(=O)NNS(=O)(=O)c1ccccc1Br. The van der Waals surface area contributed by atoms with E-state index in [0.29, 0.717) is 4.47 Å². The van der Waals surface area contributed by atoms with Crippen molar-refractivity contribution in [2.75, 3.05) is 0 Å². The minimum Gasteiger partial charge on any atom is -0.278 e. The first-order valence-electron chi connectivity index (χ1n) is 4.52. The van der Waals surface area contributed by atoms with E-state index in [2.05, 4.69) is 21.4 Å². The van der Waals surface area contributed by atoms with Crippen LogP contribution in [0.5, 0.6) is 0 Å². The summed E-state index contributed by atoms with van der Waals surface area (Å²) in [5.74, 6) is -0.393. The number of hydrogen-bond acceptors (Lipinski definition) is 3. The van der Waals surface area contributed by atoms with Crippen LogP contribution in [0.3, 0.4) is 0 Å². The maximum atomic E-state index is 11.7. The standard InChI is InChI=1S/C9H11BrN2O3S/c1-2-9(13)11-12-16(14,15)8-6-4-3-5-7(8)10/h3-6,12H,2H2,1H3,(H,11,13). The topological polar surface area (TPSA) is 75.3 Å². The fourth-order valence-electron chi connectivity index (χ4n) is 0.930. The molecule has 0 aliphatic heterocycles. The van der Waals surface area contributed by atoms with Gasteiger partial charge in [-0.15, -0.1) is 4.83 Å². The summed E-state index contributed by atoms with van der Waals surface area (Å²) in [5.41, 5.74) is 2.10. The Hall–Kier alpha value is -0.920. The van der Waals surface area contributed by atoms with Crippen molar-refractivity contribution < 1.29 is 13.2 Å². The van der Waals surface area contributed by atoms with Gasteiger partial charge in [0.25, 0.3) is 10.0 Å². The Morgan fingerprint density at radius 1 is 1.38 bits per heavy atom. The quantitative estimate of drug-likeness (QED) is 0.820. The first-order chi connectivity index (χ1) is 7.47. The van der Waals surface area contributed by atoms with E-state index in [0.717, 1.165) is 0 Å². The molecule has 88 valence electrons. The minimum atomic E-state index is -3.72. The highest BCUT2D eigenvalue weighted by Crippen LogP contribution is 2.20. The van der Waals surface area contributed by atoms with Crippen LogP contribution in [0.25, 0.3) is 0 Å². The van der Waals surface area contributed by atoms with Gasteiger partial charge in [-0.25, -0.2) is 8.42 Å². The smallest absolute Gasteiger partial charge is 0.258 e. The predicted octanol–water partition coefficient (Wildman–Crippen LogP) is 1.17. The Bertz CT molecular complexity index is 487. The monoisotopic (exact) mass is 306 g/mol. The van der Waals surface area contributed by atoms with Crippen LogP contribution >= 0.6 is 15.9 Å². The molecule has 2 N–H and O–H groups in total. The molecule has 7 heteroatoms. The van der Waals surface area contributed by atoms with Gasteiger partial charge >= 0.3 is 0 Å². The number of rotatable bonds is 4. The second-order valence-electron chi connectivity index (χ2n) is 2.94. The Balaban J connectivity index is 2.87. The predicted molar refractivity (Wildman–Crippen MR) is 62.9 cm³/mol. The molecule has 0 saturated heterocycles. The number of amides is 1. The summed E-state index contributed by atoms with van der Waals surface area (Å²) < 4.78 is 23.9. The normalized spacial score (nSPS) is 11.1. The van der Waals surface area contributed by atoms with Crippen molar-refractivity contribution in [3.05, 3.63) is 28.7 Å². The molecule has 0 radical (unpaired) electrons. The molecule has 0 bridgehead atoms. The molecule has 1 rings (SSSR count). The molecule has 0 unspecified atom stereocenters. The van der Waals surface area contributed by atoms with Crippen LogP contribution in [-0.4, -0.2) is 14.3 Å². The van der Waals surface area contributed by atoms with Crippen LogP contribution < -0.4 is 10.3 Å². The molecule has 0 aliphatic carbocycles. The Kier molecular flexibility index (Phi) is 4.45. The van der Waals surface area contributed by atoms with Gasteiger partial charge < -0.3 is 0 Å².